The van der Waals surface area contributed by atoms with Crippen molar-refractivity contribution in [3.63, 3.8) is 0 Å². The lowest BCUT2D eigenvalue weighted by Crippen LogP contribution is -2.42. The molecule has 0 radical (unpaired) electrons. The third-order valence-electron chi connectivity index (χ3n) is 5.38. The van der Waals surface area contributed by atoms with Crippen molar-refractivity contribution in [2.24, 2.45) is 0 Å². The van der Waals surface area contributed by atoms with E-state index >= 15 is 0 Å². The summed E-state index contributed by atoms with van der Waals surface area (Å²) < 4.78 is 0. The second-order valence-electron chi connectivity index (χ2n) is 7.02. The number of aryl methyl sites for hydroxylation is 4. The molecule has 1 aliphatic rings. The molecule has 126 valence electrons. The Labute approximate surface area is 147 Å². The Kier molecular flexibility index (Phi) is 3.60. The number of nitrogens with zero attached hydrogens (tertiary/aromatic N) is 1. The van der Waals surface area contributed by atoms with Gasteiger partial charge in [0.2, 0.25) is 5.43 Å². The van der Waals surface area contributed by atoms with Crippen molar-refractivity contribution in [1.29, 1.82) is 0 Å². The predicted octanol–water partition coefficient (Wildman–Crippen LogP) is 3.96. The van der Waals surface area contributed by atoms with Gasteiger partial charge in [-0.25, -0.2) is 0 Å². The molecule has 0 unspecified atom stereocenters. The zero-order chi connectivity index (χ0) is 17.7. The molecule has 3 aromatic carbocycles. The van der Waals surface area contributed by atoms with E-state index in [1.54, 1.807) is 0 Å². The van der Waals surface area contributed by atoms with Crippen LogP contribution in [0, 0.1) is 20.8 Å². The molecule has 3 heteroatoms. The number of fused-ring (bicyclic) bond motifs is 1. The highest BCUT2D eigenvalue weighted by molar-refractivity contribution is 5.88. The predicted molar refractivity (Wildman–Crippen MR) is 103 cm³/mol. The number of rotatable bonds is 2. The summed E-state index contributed by atoms with van der Waals surface area (Å²) in [7, 11) is 0. The van der Waals surface area contributed by atoms with Crippen LogP contribution >= 0.6 is 0 Å². The van der Waals surface area contributed by atoms with E-state index < -0.39 is 0 Å². The average Bonchev–Trinajstić information content (AvgIpc) is 2.62. The first kappa shape index (κ1) is 15.8. The molecule has 0 atom stereocenters. The topological polar surface area (TPSA) is 37.4 Å². The smallest absolute Gasteiger partial charge is 0.250 e. The van der Waals surface area contributed by atoms with Gasteiger partial charge in [0.15, 0.2) is 0 Å². The number of benzene rings is 2. The summed E-state index contributed by atoms with van der Waals surface area (Å²) in [5.74, 6) is 0. The molecule has 0 aliphatic carbocycles. The molecule has 4 rings (SSSR count). The Morgan fingerprint density at radius 2 is 1.60 bits per heavy atom. The van der Waals surface area contributed by atoms with Crippen LogP contribution in [-0.2, 0) is 6.42 Å². The highest BCUT2D eigenvalue weighted by Crippen LogP contribution is 2.38. The van der Waals surface area contributed by atoms with Crippen molar-refractivity contribution in [3.05, 3.63) is 79.1 Å². The SMILES string of the molecule is Cc1cc(C)c(-c2c(N3CCCc4ccccc43)c(=O)c2=O)cc1C. The minimum Gasteiger partial charge on any atom is -0.337 e. The molecule has 0 fully saturated rings. The Morgan fingerprint density at radius 3 is 2.40 bits per heavy atom. The first-order valence-corrected chi connectivity index (χ1v) is 8.76. The van der Waals surface area contributed by atoms with E-state index in [9.17, 15) is 9.59 Å². The monoisotopic (exact) mass is 331 g/mol. The summed E-state index contributed by atoms with van der Waals surface area (Å²) >= 11 is 0. The van der Waals surface area contributed by atoms with E-state index in [1.807, 2.05) is 43.0 Å². The fourth-order valence-corrected chi connectivity index (χ4v) is 3.88. The van der Waals surface area contributed by atoms with Crippen LogP contribution < -0.4 is 15.8 Å². The standard InChI is InChI=1S/C22H21NO2/c1-13-11-15(3)17(12-14(13)2)19-20(22(25)21(19)24)23-10-6-8-16-7-4-5-9-18(16)23/h4-5,7,9,11-12H,6,8,10H2,1-3H3. The number of hydrogen-bond acceptors (Lipinski definition) is 3. The summed E-state index contributed by atoms with van der Waals surface area (Å²) in [5.41, 5.74) is 7.02. The summed E-state index contributed by atoms with van der Waals surface area (Å²) in [6, 6.07) is 12.3. The summed E-state index contributed by atoms with van der Waals surface area (Å²) in [6.45, 7) is 6.89. The third kappa shape index (κ3) is 2.34. The molecular formula is C22H21NO2. The number of anilines is 2. The zero-order valence-corrected chi connectivity index (χ0v) is 14.8. The molecule has 3 nitrogen and oxygen atoms in total. The first-order chi connectivity index (χ1) is 12.0. The van der Waals surface area contributed by atoms with Crippen molar-refractivity contribution in [2.75, 3.05) is 11.4 Å². The van der Waals surface area contributed by atoms with E-state index in [4.69, 9.17) is 0 Å². The van der Waals surface area contributed by atoms with E-state index in [0.29, 0.717) is 11.3 Å². The molecule has 25 heavy (non-hydrogen) atoms. The Hall–Kier alpha value is -2.68. The minimum atomic E-state index is -0.357. The lowest BCUT2D eigenvalue weighted by Gasteiger charge is -2.33. The van der Waals surface area contributed by atoms with Crippen LogP contribution in [0.2, 0.25) is 0 Å². The quantitative estimate of drug-likeness (QED) is 0.667. The Balaban J connectivity index is 1.91. The highest BCUT2D eigenvalue weighted by Gasteiger charge is 2.30. The summed E-state index contributed by atoms with van der Waals surface area (Å²) in [6.07, 6.45) is 2.00. The zero-order valence-electron chi connectivity index (χ0n) is 14.8. The van der Waals surface area contributed by atoms with E-state index in [2.05, 4.69) is 19.1 Å². The van der Waals surface area contributed by atoms with Crippen molar-refractivity contribution in [3.8, 4) is 11.1 Å². The molecule has 0 saturated carbocycles. The maximum absolute atomic E-state index is 12.5. The third-order valence-corrected chi connectivity index (χ3v) is 5.38. The number of hydrogen-bond donors (Lipinski definition) is 0. The van der Waals surface area contributed by atoms with Crippen molar-refractivity contribution in [2.45, 2.75) is 33.6 Å². The fourth-order valence-electron chi connectivity index (χ4n) is 3.88. The van der Waals surface area contributed by atoms with E-state index in [-0.39, 0.29) is 10.9 Å². The molecule has 3 aromatic rings. The van der Waals surface area contributed by atoms with Crippen molar-refractivity contribution >= 4 is 11.4 Å². The van der Waals surface area contributed by atoms with Gasteiger partial charge in [-0.05, 0) is 67.5 Å². The van der Waals surface area contributed by atoms with Gasteiger partial charge in [-0.15, -0.1) is 0 Å². The van der Waals surface area contributed by atoms with Gasteiger partial charge in [-0.2, -0.15) is 0 Å². The molecule has 0 saturated heterocycles. The number of para-hydroxylation sites is 1. The largest absolute Gasteiger partial charge is 0.337 e. The Morgan fingerprint density at radius 1 is 0.880 bits per heavy atom. The fraction of sp³-hybridized carbons (Fsp3) is 0.273. The van der Waals surface area contributed by atoms with E-state index in [1.165, 1.54) is 11.1 Å². The van der Waals surface area contributed by atoms with Crippen LogP contribution in [0.5, 0.6) is 0 Å². The maximum atomic E-state index is 12.5. The normalized spacial score (nSPS) is 14.0. The second-order valence-corrected chi connectivity index (χ2v) is 7.02. The molecule has 1 aliphatic heterocycles. The molecule has 0 aromatic heterocycles. The van der Waals surface area contributed by atoms with Gasteiger partial charge in [0.05, 0.1) is 5.56 Å². The maximum Gasteiger partial charge on any atom is 0.250 e. The summed E-state index contributed by atoms with van der Waals surface area (Å²) in [5, 5.41) is 0. The van der Waals surface area contributed by atoms with Gasteiger partial charge >= 0.3 is 0 Å². The van der Waals surface area contributed by atoms with Crippen LogP contribution in [-0.4, -0.2) is 6.54 Å². The van der Waals surface area contributed by atoms with Crippen molar-refractivity contribution in [1.82, 2.24) is 0 Å². The van der Waals surface area contributed by atoms with E-state index in [0.717, 1.165) is 41.8 Å². The molecule has 1 heterocycles. The van der Waals surface area contributed by atoms with Crippen LogP contribution in [0.25, 0.3) is 11.1 Å². The van der Waals surface area contributed by atoms with Crippen molar-refractivity contribution < 1.29 is 0 Å². The van der Waals surface area contributed by atoms with Gasteiger partial charge < -0.3 is 4.90 Å². The molecule has 0 N–H and O–H groups in total. The second kappa shape index (κ2) is 5.69. The average molecular weight is 331 g/mol. The van der Waals surface area contributed by atoms with Gasteiger partial charge in [0.25, 0.3) is 5.43 Å². The molecule has 0 spiro atoms. The lowest BCUT2D eigenvalue weighted by molar-refractivity contribution is 0.763. The summed E-state index contributed by atoms with van der Waals surface area (Å²) in [4.78, 5) is 27.0. The first-order valence-electron chi connectivity index (χ1n) is 8.76. The van der Waals surface area contributed by atoms with Gasteiger partial charge in [0.1, 0.15) is 5.69 Å². The van der Waals surface area contributed by atoms with Gasteiger partial charge in [-0.3, -0.25) is 9.59 Å². The molecule has 0 amide bonds. The minimum absolute atomic E-state index is 0.357. The lowest BCUT2D eigenvalue weighted by atomic mass is 9.90. The Bertz CT molecular complexity index is 1050. The molecular weight excluding hydrogens is 310 g/mol. The van der Waals surface area contributed by atoms with Crippen LogP contribution in [0.3, 0.4) is 0 Å². The van der Waals surface area contributed by atoms with Gasteiger partial charge in [-0.1, -0.05) is 30.3 Å². The van der Waals surface area contributed by atoms with Gasteiger partial charge in [0, 0.05) is 12.2 Å². The highest BCUT2D eigenvalue weighted by atomic mass is 16.2. The van der Waals surface area contributed by atoms with Crippen LogP contribution in [0.15, 0.2) is 46.0 Å². The van der Waals surface area contributed by atoms with Crippen LogP contribution in [0.4, 0.5) is 11.4 Å². The molecule has 0 bridgehead atoms. The van der Waals surface area contributed by atoms with Crippen LogP contribution in [0.1, 0.15) is 28.7 Å².